The number of benzene rings is 2. The molecule has 0 radical (unpaired) electrons. The summed E-state index contributed by atoms with van der Waals surface area (Å²) in [6.45, 7) is 11.1. The molecule has 8 heteroatoms. The maximum atomic E-state index is 12.6. The van der Waals surface area contributed by atoms with Gasteiger partial charge in [-0.2, -0.15) is 0 Å². The number of rotatable bonds is 14. The number of likely N-dealkylation sites (tertiary alicyclic amines) is 1. The van der Waals surface area contributed by atoms with Crippen molar-refractivity contribution in [2.45, 2.75) is 46.1 Å². The molecule has 0 aliphatic carbocycles. The smallest absolute Gasteiger partial charge is 0.224 e. The highest BCUT2D eigenvalue weighted by Crippen LogP contribution is 2.35. The molecule has 1 heterocycles. The highest BCUT2D eigenvalue weighted by Gasteiger charge is 2.32. The van der Waals surface area contributed by atoms with Crippen LogP contribution in [-0.4, -0.2) is 76.8 Å². The Kier molecular flexibility index (Phi) is 11.3. The summed E-state index contributed by atoms with van der Waals surface area (Å²) in [4.78, 5) is 17.3. The molecule has 1 aliphatic heterocycles. The van der Waals surface area contributed by atoms with Crippen molar-refractivity contribution in [3.05, 3.63) is 51.0 Å². The number of hydrogen-bond donors (Lipinski definition) is 1. The molecule has 2 aromatic carbocycles. The molecule has 7 nitrogen and oxygen atoms in total. The minimum absolute atomic E-state index is 0.00758. The van der Waals surface area contributed by atoms with Crippen molar-refractivity contribution < 1.29 is 19.0 Å². The van der Waals surface area contributed by atoms with Gasteiger partial charge in [0.25, 0.3) is 0 Å². The highest BCUT2D eigenvalue weighted by molar-refractivity contribution is 9.10. The van der Waals surface area contributed by atoms with Crippen molar-refractivity contribution in [3.8, 4) is 17.2 Å². The normalized spacial score (nSPS) is 14.8. The average molecular weight is 591 g/mol. The largest absolute Gasteiger partial charge is 0.493 e. The van der Waals surface area contributed by atoms with Gasteiger partial charge in [-0.05, 0) is 94.7 Å². The van der Waals surface area contributed by atoms with Gasteiger partial charge in [0.2, 0.25) is 5.91 Å². The van der Waals surface area contributed by atoms with E-state index in [9.17, 15) is 4.79 Å². The summed E-state index contributed by atoms with van der Waals surface area (Å²) in [7, 11) is 7.40. The third-order valence-corrected chi connectivity index (χ3v) is 8.25. The Morgan fingerprint density at radius 3 is 2.42 bits per heavy atom. The molecule has 1 unspecified atom stereocenters. The summed E-state index contributed by atoms with van der Waals surface area (Å²) >= 11 is 3.54. The first-order chi connectivity index (χ1) is 18.1. The van der Waals surface area contributed by atoms with Gasteiger partial charge in [-0.3, -0.25) is 9.69 Å². The van der Waals surface area contributed by atoms with Gasteiger partial charge in [-0.25, -0.2) is 0 Å². The summed E-state index contributed by atoms with van der Waals surface area (Å²) in [6, 6.07) is 8.36. The van der Waals surface area contributed by atoms with E-state index in [4.69, 9.17) is 14.2 Å². The fourth-order valence-electron chi connectivity index (χ4n) is 4.92. The summed E-state index contributed by atoms with van der Waals surface area (Å²) in [5.41, 5.74) is 4.76. The number of hydrogen-bond acceptors (Lipinski definition) is 6. The molecule has 0 spiro atoms. The zero-order valence-electron chi connectivity index (χ0n) is 24.0. The molecule has 0 saturated carbocycles. The Hall–Kier alpha value is -2.29. The minimum Gasteiger partial charge on any atom is -0.493 e. The Morgan fingerprint density at radius 1 is 1.08 bits per heavy atom. The van der Waals surface area contributed by atoms with Gasteiger partial charge >= 0.3 is 0 Å². The fraction of sp³-hybridized carbons (Fsp3) is 0.567. The van der Waals surface area contributed by atoms with E-state index < -0.39 is 0 Å². The molecule has 1 fully saturated rings. The first kappa shape index (κ1) is 30.3. The van der Waals surface area contributed by atoms with E-state index in [1.165, 1.54) is 16.7 Å². The number of unbranched alkanes of at least 4 members (excludes halogenated alkanes) is 1. The predicted molar refractivity (Wildman–Crippen MR) is 157 cm³/mol. The van der Waals surface area contributed by atoms with Crippen LogP contribution in [0.4, 0.5) is 0 Å². The van der Waals surface area contributed by atoms with Crippen LogP contribution in [0.2, 0.25) is 0 Å². The van der Waals surface area contributed by atoms with Gasteiger partial charge < -0.3 is 24.4 Å². The molecular formula is C30H44BrN3O4. The van der Waals surface area contributed by atoms with Crippen LogP contribution >= 0.6 is 15.9 Å². The SMILES string of the molecule is COc1cc(Br)c(CC(=O)NCC2CN(C(C)c3ccc(OCCCCN(C)C)c(C)c3C)C2)cc1OC. The summed E-state index contributed by atoms with van der Waals surface area (Å²) in [5, 5.41) is 3.11. The molecule has 3 rings (SSSR count). The van der Waals surface area contributed by atoms with Crippen LogP contribution in [0, 0.1) is 19.8 Å². The highest BCUT2D eigenvalue weighted by atomic mass is 79.9. The number of nitrogens with zero attached hydrogens (tertiary/aromatic N) is 2. The monoisotopic (exact) mass is 589 g/mol. The first-order valence-corrected chi connectivity index (χ1v) is 14.2. The maximum absolute atomic E-state index is 12.6. The van der Waals surface area contributed by atoms with Crippen LogP contribution < -0.4 is 19.5 Å². The van der Waals surface area contributed by atoms with Crippen LogP contribution in [0.1, 0.15) is 48.1 Å². The molecule has 2 aromatic rings. The topological polar surface area (TPSA) is 63.3 Å². The number of amides is 1. The van der Waals surface area contributed by atoms with E-state index >= 15 is 0 Å². The molecule has 0 aromatic heterocycles. The molecule has 1 atom stereocenters. The third kappa shape index (κ3) is 7.87. The molecular weight excluding hydrogens is 546 g/mol. The Balaban J connectivity index is 1.45. The maximum Gasteiger partial charge on any atom is 0.224 e. The molecule has 210 valence electrons. The van der Waals surface area contributed by atoms with E-state index in [1.807, 2.05) is 12.1 Å². The van der Waals surface area contributed by atoms with E-state index in [0.29, 0.717) is 30.0 Å². The first-order valence-electron chi connectivity index (χ1n) is 13.4. The van der Waals surface area contributed by atoms with Crippen LogP contribution in [0.15, 0.2) is 28.7 Å². The van der Waals surface area contributed by atoms with Crippen molar-refractivity contribution in [3.63, 3.8) is 0 Å². The lowest BCUT2D eigenvalue weighted by Crippen LogP contribution is -2.52. The molecule has 38 heavy (non-hydrogen) atoms. The van der Waals surface area contributed by atoms with Crippen molar-refractivity contribution in [1.82, 2.24) is 15.1 Å². The molecule has 1 N–H and O–H groups in total. The van der Waals surface area contributed by atoms with E-state index in [2.05, 4.69) is 78.0 Å². The molecule has 1 saturated heterocycles. The van der Waals surface area contributed by atoms with Crippen LogP contribution in [-0.2, 0) is 11.2 Å². The zero-order valence-corrected chi connectivity index (χ0v) is 25.6. The van der Waals surface area contributed by atoms with Crippen LogP contribution in [0.5, 0.6) is 17.2 Å². The van der Waals surface area contributed by atoms with E-state index in [1.54, 1.807) is 14.2 Å². The van der Waals surface area contributed by atoms with E-state index in [0.717, 1.165) is 54.9 Å². The standard InChI is InChI=1S/C30H44BrN3O4/c1-20-21(2)27(38-13-9-8-12-33(4)5)11-10-25(20)22(3)34-18-23(19-34)17-32-30(35)15-24-14-28(36-6)29(37-7)16-26(24)31/h10-11,14,16,22-23H,8-9,12-13,15,17-19H2,1-7H3,(H,32,35). The molecule has 1 aliphatic rings. The number of methoxy groups -OCH3 is 2. The van der Waals surface area contributed by atoms with E-state index in [-0.39, 0.29) is 12.3 Å². The number of carbonyl (C=O) groups is 1. The lowest BCUT2D eigenvalue weighted by atomic mass is 9.91. The third-order valence-electron chi connectivity index (χ3n) is 7.51. The summed E-state index contributed by atoms with van der Waals surface area (Å²) in [6.07, 6.45) is 2.49. The second-order valence-corrected chi connectivity index (χ2v) is 11.4. The van der Waals surface area contributed by atoms with Crippen LogP contribution in [0.25, 0.3) is 0 Å². The van der Waals surface area contributed by atoms with Crippen LogP contribution in [0.3, 0.4) is 0 Å². The zero-order chi connectivity index (χ0) is 27.8. The number of nitrogens with one attached hydrogen (secondary N) is 1. The number of halogens is 1. The molecule has 1 amide bonds. The van der Waals surface area contributed by atoms with Gasteiger partial charge in [0.05, 0.1) is 27.2 Å². The number of ether oxygens (including phenoxy) is 3. The Labute approximate surface area is 236 Å². The van der Waals surface area contributed by atoms with Gasteiger partial charge in [-0.15, -0.1) is 0 Å². The van der Waals surface area contributed by atoms with Gasteiger partial charge in [0, 0.05) is 36.1 Å². The Bertz CT molecular complexity index is 1090. The van der Waals surface area contributed by atoms with Crippen molar-refractivity contribution in [1.29, 1.82) is 0 Å². The minimum atomic E-state index is 0.00758. The van der Waals surface area contributed by atoms with Crippen molar-refractivity contribution in [2.24, 2.45) is 5.92 Å². The molecule has 0 bridgehead atoms. The fourth-order valence-corrected chi connectivity index (χ4v) is 5.38. The van der Waals surface area contributed by atoms with Gasteiger partial charge in [0.1, 0.15) is 5.75 Å². The average Bonchev–Trinajstić information content (AvgIpc) is 2.85. The van der Waals surface area contributed by atoms with Gasteiger partial charge in [0.15, 0.2) is 11.5 Å². The second kappa shape index (κ2) is 14.2. The predicted octanol–water partition coefficient (Wildman–Crippen LogP) is 5.16. The lowest BCUT2D eigenvalue weighted by Gasteiger charge is -2.44. The Morgan fingerprint density at radius 2 is 1.76 bits per heavy atom. The van der Waals surface area contributed by atoms with Gasteiger partial charge in [-0.1, -0.05) is 22.0 Å². The summed E-state index contributed by atoms with van der Waals surface area (Å²) in [5.74, 6) is 2.71. The second-order valence-electron chi connectivity index (χ2n) is 10.5. The lowest BCUT2D eigenvalue weighted by molar-refractivity contribution is -0.121. The summed E-state index contributed by atoms with van der Waals surface area (Å²) < 4.78 is 17.6. The van der Waals surface area contributed by atoms with Crippen molar-refractivity contribution in [2.75, 3.05) is 61.1 Å². The number of carbonyl (C=O) groups excluding carboxylic acids is 1. The quantitative estimate of drug-likeness (QED) is 0.307. The van der Waals surface area contributed by atoms with Crippen molar-refractivity contribution >= 4 is 21.8 Å².